The van der Waals surface area contributed by atoms with Gasteiger partial charge in [-0.05, 0) is 40.9 Å². The van der Waals surface area contributed by atoms with E-state index in [0.717, 1.165) is 23.1 Å². The second-order valence-electron chi connectivity index (χ2n) is 4.39. The van der Waals surface area contributed by atoms with Gasteiger partial charge in [-0.3, -0.25) is 9.79 Å². The number of aromatic nitrogens is 1. The first kappa shape index (κ1) is 13.2. The molecule has 0 unspecified atom stereocenters. The number of hydrogen-bond acceptors (Lipinski definition) is 3. The van der Waals surface area contributed by atoms with Crippen LogP contribution in [0.2, 0.25) is 0 Å². The summed E-state index contributed by atoms with van der Waals surface area (Å²) in [6, 6.07) is 5.97. The van der Waals surface area contributed by atoms with Gasteiger partial charge in [-0.1, -0.05) is 18.9 Å². The highest BCUT2D eigenvalue weighted by molar-refractivity contribution is 9.10. The molecule has 1 aliphatic carbocycles. The highest BCUT2D eigenvalue weighted by Gasteiger charge is 2.12. The summed E-state index contributed by atoms with van der Waals surface area (Å²) in [5, 5.41) is 2.78. The number of nitrogens with zero attached hydrogens (tertiary/aromatic N) is 2. The average molecular weight is 310 g/mol. The van der Waals surface area contributed by atoms with Crippen molar-refractivity contribution in [3.05, 3.63) is 28.5 Å². The topological polar surface area (TPSA) is 54.4 Å². The first-order valence-electron chi connectivity index (χ1n) is 6.16. The SMILES string of the molecule is O=C(C=NC1CCCC1)NCc1cccc(Br)n1. The van der Waals surface area contributed by atoms with Gasteiger partial charge in [0.15, 0.2) is 0 Å². The minimum atomic E-state index is -0.149. The third-order valence-electron chi connectivity index (χ3n) is 2.94. The van der Waals surface area contributed by atoms with Crippen LogP contribution in [0.15, 0.2) is 27.8 Å². The van der Waals surface area contributed by atoms with E-state index < -0.39 is 0 Å². The first-order chi connectivity index (χ1) is 8.74. The number of carbonyl (C=O) groups excluding carboxylic acids is 1. The second kappa shape index (κ2) is 6.64. The van der Waals surface area contributed by atoms with Gasteiger partial charge >= 0.3 is 0 Å². The zero-order valence-electron chi connectivity index (χ0n) is 10.1. The van der Waals surface area contributed by atoms with Crippen molar-refractivity contribution >= 4 is 28.1 Å². The Hall–Kier alpha value is -1.23. The van der Waals surface area contributed by atoms with E-state index in [9.17, 15) is 4.79 Å². The maximum Gasteiger partial charge on any atom is 0.262 e. The van der Waals surface area contributed by atoms with Gasteiger partial charge in [0.1, 0.15) is 4.60 Å². The number of rotatable bonds is 4. The molecular formula is C13H16BrN3O. The smallest absolute Gasteiger partial charge is 0.262 e. The monoisotopic (exact) mass is 309 g/mol. The van der Waals surface area contributed by atoms with Crippen LogP contribution in [0.4, 0.5) is 0 Å². The molecule has 0 spiro atoms. The van der Waals surface area contributed by atoms with Crippen molar-refractivity contribution in [1.82, 2.24) is 10.3 Å². The minimum Gasteiger partial charge on any atom is -0.346 e. The van der Waals surface area contributed by atoms with Crippen molar-refractivity contribution in [2.24, 2.45) is 4.99 Å². The Morgan fingerprint density at radius 2 is 2.28 bits per heavy atom. The molecule has 0 radical (unpaired) electrons. The van der Waals surface area contributed by atoms with E-state index in [1.807, 2.05) is 18.2 Å². The molecule has 18 heavy (non-hydrogen) atoms. The van der Waals surface area contributed by atoms with Crippen LogP contribution in [0, 0.1) is 0 Å². The average Bonchev–Trinajstić information content (AvgIpc) is 2.87. The fourth-order valence-electron chi connectivity index (χ4n) is 2.00. The lowest BCUT2D eigenvalue weighted by Gasteiger charge is -2.03. The van der Waals surface area contributed by atoms with Crippen LogP contribution in [0.25, 0.3) is 0 Å². The zero-order valence-corrected chi connectivity index (χ0v) is 11.7. The fraction of sp³-hybridized carbons (Fsp3) is 0.462. The van der Waals surface area contributed by atoms with Crippen molar-refractivity contribution in [3.63, 3.8) is 0 Å². The predicted octanol–water partition coefficient (Wildman–Crippen LogP) is 2.47. The summed E-state index contributed by atoms with van der Waals surface area (Å²) in [6.07, 6.45) is 6.08. The Morgan fingerprint density at radius 1 is 1.50 bits per heavy atom. The summed E-state index contributed by atoms with van der Waals surface area (Å²) in [7, 11) is 0. The highest BCUT2D eigenvalue weighted by Crippen LogP contribution is 2.20. The van der Waals surface area contributed by atoms with Crippen LogP contribution >= 0.6 is 15.9 Å². The number of carbonyl (C=O) groups is 1. The third kappa shape index (κ3) is 4.22. The van der Waals surface area contributed by atoms with Gasteiger partial charge in [-0.2, -0.15) is 0 Å². The molecule has 1 heterocycles. The number of nitrogens with one attached hydrogen (secondary N) is 1. The summed E-state index contributed by atoms with van der Waals surface area (Å²) in [5.74, 6) is -0.149. The standard InChI is InChI=1S/C13H16BrN3O/c14-12-7-3-6-11(17-12)8-16-13(18)9-15-10-4-1-2-5-10/h3,6-7,9-10H,1-2,4-5,8H2,(H,16,18). The van der Waals surface area contributed by atoms with E-state index in [4.69, 9.17) is 0 Å². The number of hydrogen-bond donors (Lipinski definition) is 1. The quantitative estimate of drug-likeness (QED) is 0.686. The molecule has 1 aromatic heterocycles. The molecule has 1 saturated carbocycles. The number of pyridine rings is 1. The van der Waals surface area contributed by atoms with Crippen molar-refractivity contribution in [2.75, 3.05) is 0 Å². The van der Waals surface area contributed by atoms with E-state index in [1.165, 1.54) is 19.1 Å². The molecule has 96 valence electrons. The lowest BCUT2D eigenvalue weighted by Crippen LogP contribution is -2.24. The van der Waals surface area contributed by atoms with E-state index in [0.29, 0.717) is 12.6 Å². The number of aliphatic imine (C=N–C) groups is 1. The summed E-state index contributed by atoms with van der Waals surface area (Å²) >= 11 is 3.29. The summed E-state index contributed by atoms with van der Waals surface area (Å²) in [5.41, 5.74) is 0.826. The van der Waals surface area contributed by atoms with Gasteiger partial charge in [-0.25, -0.2) is 4.98 Å². The Bertz CT molecular complexity index is 442. The number of halogens is 1. The molecule has 0 bridgehead atoms. The van der Waals surface area contributed by atoms with Gasteiger partial charge in [0, 0.05) is 0 Å². The van der Waals surface area contributed by atoms with Crippen molar-refractivity contribution in [3.8, 4) is 0 Å². The van der Waals surface area contributed by atoms with Gasteiger partial charge in [0.05, 0.1) is 24.5 Å². The summed E-state index contributed by atoms with van der Waals surface area (Å²) in [4.78, 5) is 20.1. The molecule has 0 atom stereocenters. The maximum absolute atomic E-state index is 11.6. The number of amides is 1. The molecule has 1 fully saturated rings. The van der Waals surface area contributed by atoms with E-state index in [2.05, 4.69) is 31.2 Å². The fourth-order valence-corrected chi connectivity index (χ4v) is 2.38. The second-order valence-corrected chi connectivity index (χ2v) is 5.20. The minimum absolute atomic E-state index is 0.149. The van der Waals surface area contributed by atoms with Crippen LogP contribution in [0.1, 0.15) is 31.4 Å². The van der Waals surface area contributed by atoms with E-state index in [-0.39, 0.29) is 5.91 Å². The Morgan fingerprint density at radius 3 is 3.00 bits per heavy atom. The predicted molar refractivity (Wildman–Crippen MR) is 74.5 cm³/mol. The Balaban J connectivity index is 1.77. The summed E-state index contributed by atoms with van der Waals surface area (Å²) < 4.78 is 0.772. The summed E-state index contributed by atoms with van der Waals surface area (Å²) in [6.45, 7) is 0.426. The molecule has 1 N–H and O–H groups in total. The largest absolute Gasteiger partial charge is 0.346 e. The Labute approximate surface area is 115 Å². The molecule has 0 aromatic carbocycles. The van der Waals surface area contributed by atoms with Crippen molar-refractivity contribution in [1.29, 1.82) is 0 Å². The van der Waals surface area contributed by atoms with E-state index >= 15 is 0 Å². The van der Waals surface area contributed by atoms with Crippen LogP contribution in [0.3, 0.4) is 0 Å². The van der Waals surface area contributed by atoms with Crippen LogP contribution < -0.4 is 5.32 Å². The molecule has 5 heteroatoms. The van der Waals surface area contributed by atoms with Gasteiger partial charge < -0.3 is 5.32 Å². The molecule has 1 aromatic rings. The lowest BCUT2D eigenvalue weighted by molar-refractivity contribution is -0.114. The van der Waals surface area contributed by atoms with Crippen LogP contribution in [0.5, 0.6) is 0 Å². The van der Waals surface area contributed by atoms with Gasteiger partial charge in [-0.15, -0.1) is 0 Å². The van der Waals surface area contributed by atoms with Crippen molar-refractivity contribution < 1.29 is 4.79 Å². The van der Waals surface area contributed by atoms with Gasteiger partial charge in [0.2, 0.25) is 0 Å². The van der Waals surface area contributed by atoms with Crippen LogP contribution in [-0.4, -0.2) is 23.1 Å². The molecule has 1 amide bonds. The van der Waals surface area contributed by atoms with E-state index in [1.54, 1.807) is 0 Å². The molecule has 2 rings (SSSR count). The molecular weight excluding hydrogens is 294 g/mol. The normalized spacial score (nSPS) is 16.3. The van der Waals surface area contributed by atoms with Crippen molar-refractivity contribution in [2.45, 2.75) is 38.3 Å². The molecule has 4 nitrogen and oxygen atoms in total. The Kier molecular flexibility index (Phi) is 4.87. The molecule has 0 saturated heterocycles. The lowest BCUT2D eigenvalue weighted by atomic mass is 10.3. The van der Waals surface area contributed by atoms with Crippen LogP contribution in [-0.2, 0) is 11.3 Å². The van der Waals surface area contributed by atoms with Gasteiger partial charge in [0.25, 0.3) is 5.91 Å². The maximum atomic E-state index is 11.6. The first-order valence-corrected chi connectivity index (χ1v) is 6.96. The molecule has 0 aliphatic heterocycles. The zero-order chi connectivity index (χ0) is 12.8. The highest BCUT2D eigenvalue weighted by atomic mass is 79.9. The third-order valence-corrected chi connectivity index (χ3v) is 3.39. The molecule has 1 aliphatic rings.